The van der Waals surface area contributed by atoms with Crippen molar-refractivity contribution in [2.24, 2.45) is 0 Å². The number of ether oxygens (including phenoxy) is 3. The number of anilines is 1. The number of carbonyl (C=O) groups excluding carboxylic acids is 1. The molecule has 10 heteroatoms. The second kappa shape index (κ2) is 10.4. The Morgan fingerprint density at radius 1 is 1.14 bits per heavy atom. The third-order valence-corrected chi connectivity index (χ3v) is 4.85. The van der Waals surface area contributed by atoms with Gasteiger partial charge in [0.05, 0.1) is 37.7 Å². The molecule has 0 aliphatic carbocycles. The first-order valence-electron chi connectivity index (χ1n) is 11.3. The normalized spacial score (nSPS) is 12.9. The van der Waals surface area contributed by atoms with E-state index in [-0.39, 0.29) is 19.0 Å². The fourth-order valence-electron chi connectivity index (χ4n) is 3.31. The molecule has 0 aliphatic heterocycles. The van der Waals surface area contributed by atoms with Crippen molar-refractivity contribution >= 4 is 11.7 Å². The van der Waals surface area contributed by atoms with Gasteiger partial charge in [-0.15, -0.1) is 0 Å². The number of aromatic hydroxyl groups is 1. The molecular weight excluding hydrogens is 452 g/mol. The molecule has 0 saturated heterocycles. The van der Waals surface area contributed by atoms with Gasteiger partial charge in [0.25, 0.3) is 5.91 Å². The van der Waals surface area contributed by atoms with Gasteiger partial charge in [0.2, 0.25) is 0 Å². The predicted octanol–water partition coefficient (Wildman–Crippen LogP) is 3.96. The molecule has 2 heterocycles. The minimum atomic E-state index is -0.953. The van der Waals surface area contributed by atoms with E-state index >= 15 is 0 Å². The van der Waals surface area contributed by atoms with Crippen molar-refractivity contribution < 1.29 is 29.2 Å². The first-order chi connectivity index (χ1) is 16.3. The average molecular weight is 487 g/mol. The molecule has 0 aliphatic rings. The molecule has 0 saturated carbocycles. The van der Waals surface area contributed by atoms with Crippen molar-refractivity contribution in [2.75, 3.05) is 19.0 Å². The largest absolute Gasteiger partial charge is 0.494 e. The summed E-state index contributed by atoms with van der Waals surface area (Å²) in [4.78, 5) is 13.3. The number of carbonyl (C=O) groups is 1. The Bertz CT molecular complexity index is 1140. The van der Waals surface area contributed by atoms with Crippen LogP contribution < -0.4 is 14.8 Å². The first-order valence-corrected chi connectivity index (χ1v) is 11.3. The minimum Gasteiger partial charge on any atom is -0.494 e. The number of hydrogen-bond donors (Lipinski definition) is 3. The number of aromatic nitrogens is 3. The van der Waals surface area contributed by atoms with Gasteiger partial charge in [0.1, 0.15) is 11.8 Å². The highest BCUT2D eigenvalue weighted by Crippen LogP contribution is 2.35. The quantitative estimate of drug-likeness (QED) is 0.397. The Labute approximate surface area is 205 Å². The highest BCUT2D eigenvalue weighted by molar-refractivity contribution is 5.93. The van der Waals surface area contributed by atoms with E-state index in [0.717, 1.165) is 0 Å². The van der Waals surface area contributed by atoms with Crippen LogP contribution in [0.15, 0.2) is 48.8 Å². The van der Waals surface area contributed by atoms with Crippen molar-refractivity contribution in [1.82, 2.24) is 14.3 Å². The van der Waals surface area contributed by atoms with E-state index in [1.54, 1.807) is 49.0 Å². The number of nitrogens with one attached hydrogen (secondary N) is 1. The van der Waals surface area contributed by atoms with Crippen LogP contribution in [-0.2, 0) is 16.1 Å². The van der Waals surface area contributed by atoms with Crippen LogP contribution in [0.4, 0.5) is 5.82 Å². The average Bonchev–Trinajstić information content (AvgIpc) is 3.32. The monoisotopic (exact) mass is 486 g/mol. The second-order valence-corrected chi connectivity index (χ2v) is 9.83. The molecule has 1 atom stereocenters. The molecule has 3 N–H and O–H groups in total. The highest BCUT2D eigenvalue weighted by Gasteiger charge is 2.27. The van der Waals surface area contributed by atoms with E-state index in [4.69, 9.17) is 14.2 Å². The maximum absolute atomic E-state index is 13.3. The summed E-state index contributed by atoms with van der Waals surface area (Å²) >= 11 is 0. The van der Waals surface area contributed by atoms with Crippen molar-refractivity contribution in [3.8, 4) is 23.1 Å². The van der Waals surface area contributed by atoms with Gasteiger partial charge in [-0.05, 0) is 46.8 Å². The van der Waals surface area contributed by atoms with Crippen LogP contribution in [0.2, 0.25) is 0 Å². The van der Waals surface area contributed by atoms with E-state index in [9.17, 15) is 15.0 Å². The van der Waals surface area contributed by atoms with E-state index in [2.05, 4.69) is 10.4 Å². The van der Waals surface area contributed by atoms with E-state index in [1.165, 1.54) is 23.9 Å². The molecule has 3 aromatic rings. The summed E-state index contributed by atoms with van der Waals surface area (Å²) in [6.07, 6.45) is 3.20. The first kappa shape index (κ1) is 26.1. The van der Waals surface area contributed by atoms with E-state index in [1.807, 2.05) is 26.8 Å². The van der Waals surface area contributed by atoms with Crippen molar-refractivity contribution in [1.29, 1.82) is 0 Å². The van der Waals surface area contributed by atoms with Crippen LogP contribution in [-0.4, -0.2) is 55.4 Å². The number of benzene rings is 1. The molecule has 0 fully saturated rings. The van der Waals surface area contributed by atoms with E-state index in [0.29, 0.717) is 23.1 Å². The SMILES string of the molecule is COc1ccccc1Oc1cc(O)n(C(COC(C)(C)C)C(=O)Nc2ccn(CC(C)(C)O)n2)c1. The lowest BCUT2D eigenvalue weighted by Gasteiger charge is -2.25. The van der Waals surface area contributed by atoms with Crippen LogP contribution in [0.5, 0.6) is 23.1 Å². The molecule has 2 aromatic heterocycles. The van der Waals surface area contributed by atoms with Crippen LogP contribution in [0.3, 0.4) is 0 Å². The van der Waals surface area contributed by atoms with Gasteiger partial charge >= 0.3 is 0 Å². The molecule has 1 amide bonds. The molecule has 35 heavy (non-hydrogen) atoms. The topological polar surface area (TPSA) is 120 Å². The molecule has 0 bridgehead atoms. The van der Waals surface area contributed by atoms with E-state index < -0.39 is 23.2 Å². The minimum absolute atomic E-state index is 0.00392. The number of nitrogens with zero attached hydrogens (tertiary/aromatic N) is 3. The zero-order chi connectivity index (χ0) is 25.8. The van der Waals surface area contributed by atoms with Crippen molar-refractivity contribution in [3.05, 3.63) is 48.8 Å². The Morgan fingerprint density at radius 2 is 1.83 bits per heavy atom. The summed E-state index contributed by atoms with van der Waals surface area (Å²) in [5.41, 5.74) is -1.46. The fourth-order valence-corrected chi connectivity index (χ4v) is 3.31. The van der Waals surface area contributed by atoms with Gasteiger partial charge in [-0.3, -0.25) is 9.48 Å². The number of para-hydroxylation sites is 2. The Morgan fingerprint density at radius 3 is 2.46 bits per heavy atom. The standard InChI is InChI=1S/C25H34N4O6/c1-24(2,3)34-15-18(23(31)26-21-11-12-28(27-21)16-25(4,5)32)29-14-17(13-22(29)30)35-20-10-8-7-9-19(20)33-6/h7-14,18,30,32H,15-16H2,1-6H3,(H,26,27,31). The lowest BCUT2D eigenvalue weighted by Crippen LogP contribution is -2.33. The van der Waals surface area contributed by atoms with Gasteiger partial charge in [0.15, 0.2) is 23.2 Å². The zero-order valence-electron chi connectivity index (χ0n) is 21.0. The van der Waals surface area contributed by atoms with Crippen LogP contribution in [0.1, 0.15) is 40.7 Å². The lowest BCUT2D eigenvalue weighted by molar-refractivity contribution is -0.123. The van der Waals surface area contributed by atoms with Crippen molar-refractivity contribution in [2.45, 2.75) is 58.4 Å². The molecule has 1 unspecified atom stereocenters. The van der Waals surface area contributed by atoms with Crippen LogP contribution in [0, 0.1) is 0 Å². The number of methoxy groups -OCH3 is 1. The summed E-state index contributed by atoms with van der Waals surface area (Å²) in [6, 6.07) is 9.27. The van der Waals surface area contributed by atoms with Crippen LogP contribution in [0.25, 0.3) is 0 Å². The summed E-state index contributed by atoms with van der Waals surface area (Å²) in [5.74, 6) is 1.05. The Hall–Kier alpha value is -3.50. The second-order valence-electron chi connectivity index (χ2n) is 9.83. The summed E-state index contributed by atoms with van der Waals surface area (Å²) in [5, 5.41) is 27.7. The third-order valence-electron chi connectivity index (χ3n) is 4.85. The Kier molecular flexibility index (Phi) is 7.76. The summed E-state index contributed by atoms with van der Waals surface area (Å²) in [6.45, 7) is 9.25. The summed E-state index contributed by atoms with van der Waals surface area (Å²) < 4.78 is 20.0. The maximum Gasteiger partial charge on any atom is 0.251 e. The molecule has 1 aromatic carbocycles. The van der Waals surface area contributed by atoms with Crippen molar-refractivity contribution in [3.63, 3.8) is 0 Å². The Balaban J connectivity index is 1.83. The zero-order valence-corrected chi connectivity index (χ0v) is 21.0. The fraction of sp³-hybridized carbons (Fsp3) is 0.440. The molecule has 3 rings (SSSR count). The highest BCUT2D eigenvalue weighted by atomic mass is 16.5. The molecule has 0 spiro atoms. The number of aliphatic hydroxyl groups is 1. The number of hydrogen-bond acceptors (Lipinski definition) is 7. The predicted molar refractivity (Wildman–Crippen MR) is 131 cm³/mol. The van der Waals surface area contributed by atoms with Gasteiger partial charge < -0.3 is 34.3 Å². The molecule has 190 valence electrons. The van der Waals surface area contributed by atoms with Gasteiger partial charge in [-0.1, -0.05) is 12.1 Å². The van der Waals surface area contributed by atoms with Gasteiger partial charge in [-0.25, -0.2) is 0 Å². The smallest absolute Gasteiger partial charge is 0.251 e. The van der Waals surface area contributed by atoms with Gasteiger partial charge in [-0.2, -0.15) is 5.10 Å². The van der Waals surface area contributed by atoms with Crippen LogP contribution >= 0.6 is 0 Å². The lowest BCUT2D eigenvalue weighted by atomic mass is 10.1. The third kappa shape index (κ3) is 7.49. The molecular formula is C25H34N4O6. The number of amides is 1. The maximum atomic E-state index is 13.3. The molecule has 10 nitrogen and oxygen atoms in total. The summed E-state index contributed by atoms with van der Waals surface area (Å²) in [7, 11) is 1.54. The van der Waals surface area contributed by atoms with Gasteiger partial charge in [0, 0.05) is 18.3 Å². The number of rotatable bonds is 10. The molecule has 0 radical (unpaired) electrons.